The highest BCUT2D eigenvalue weighted by atomic mass is 16.6. The summed E-state index contributed by atoms with van der Waals surface area (Å²) in [6.45, 7) is -0.759. The number of hydrogen-bond donors (Lipinski definition) is 2. The van der Waals surface area contributed by atoms with E-state index in [-0.39, 0.29) is 18.6 Å². The second-order valence-electron chi connectivity index (χ2n) is 8.69. The zero-order valence-electron chi connectivity index (χ0n) is 18.7. The molecule has 1 aromatic heterocycles. The fraction of sp³-hybridized carbons (Fsp3) is 0.346. The Balaban J connectivity index is 1.09. The molecule has 8 nitrogen and oxygen atoms in total. The van der Waals surface area contributed by atoms with Gasteiger partial charge in [0.15, 0.2) is 13.2 Å². The van der Waals surface area contributed by atoms with Crippen LogP contribution in [0.3, 0.4) is 0 Å². The first kappa shape index (κ1) is 22.0. The van der Waals surface area contributed by atoms with Gasteiger partial charge in [0, 0.05) is 34.7 Å². The number of ether oxygens (including phenoxy) is 2. The maximum absolute atomic E-state index is 12.2. The van der Waals surface area contributed by atoms with Crippen LogP contribution in [0.1, 0.15) is 47.4 Å². The fourth-order valence-corrected chi connectivity index (χ4v) is 4.09. The van der Waals surface area contributed by atoms with Crippen molar-refractivity contribution in [3.05, 3.63) is 59.4 Å². The average molecular weight is 463 g/mol. The monoisotopic (exact) mass is 462 g/mol. The Kier molecular flexibility index (Phi) is 6.20. The van der Waals surface area contributed by atoms with Crippen molar-refractivity contribution in [2.45, 2.75) is 44.6 Å². The van der Waals surface area contributed by atoms with E-state index in [1.165, 1.54) is 5.56 Å². The number of carbonyl (C=O) groups is 3. The van der Waals surface area contributed by atoms with Gasteiger partial charge in [-0.15, -0.1) is 0 Å². The highest BCUT2D eigenvalue weighted by molar-refractivity contribution is 5.98. The highest BCUT2D eigenvalue weighted by Gasteiger charge is 2.24. The first-order valence-corrected chi connectivity index (χ1v) is 11.6. The molecule has 8 heteroatoms. The van der Waals surface area contributed by atoms with Crippen molar-refractivity contribution < 1.29 is 28.3 Å². The van der Waals surface area contributed by atoms with E-state index in [1.807, 2.05) is 12.1 Å². The third-order valence-corrected chi connectivity index (χ3v) is 5.97. The van der Waals surface area contributed by atoms with Crippen LogP contribution in [-0.4, -0.2) is 37.0 Å². The minimum atomic E-state index is -0.651. The molecular formula is C26H26N2O6. The molecule has 0 atom stereocenters. The van der Waals surface area contributed by atoms with Crippen LogP contribution in [0.4, 0.5) is 5.69 Å². The quantitative estimate of drug-likeness (QED) is 0.494. The van der Waals surface area contributed by atoms with Crippen LogP contribution in [0, 0.1) is 0 Å². The summed E-state index contributed by atoms with van der Waals surface area (Å²) in [7, 11) is 0. The van der Waals surface area contributed by atoms with E-state index in [0.717, 1.165) is 55.3 Å². The molecule has 2 amide bonds. The van der Waals surface area contributed by atoms with Crippen molar-refractivity contribution in [1.82, 2.24) is 5.32 Å². The summed E-state index contributed by atoms with van der Waals surface area (Å²) < 4.78 is 16.5. The Morgan fingerprint density at radius 3 is 2.71 bits per heavy atom. The van der Waals surface area contributed by atoms with Crippen LogP contribution in [0.25, 0.3) is 11.0 Å². The van der Waals surface area contributed by atoms with Gasteiger partial charge in [-0.3, -0.25) is 9.59 Å². The first-order valence-electron chi connectivity index (χ1n) is 11.6. The minimum absolute atomic E-state index is 0.170. The molecule has 0 aliphatic heterocycles. The largest absolute Gasteiger partial charge is 0.482 e. The number of amides is 2. The molecule has 0 unspecified atom stereocenters. The Bertz CT molecular complexity index is 1240. The molecular weight excluding hydrogens is 436 g/mol. The molecule has 2 aromatic carbocycles. The van der Waals surface area contributed by atoms with Gasteiger partial charge in [0.05, 0.1) is 0 Å². The van der Waals surface area contributed by atoms with Crippen LogP contribution < -0.4 is 15.4 Å². The first-order chi connectivity index (χ1) is 16.5. The summed E-state index contributed by atoms with van der Waals surface area (Å²) in [4.78, 5) is 36.4. The number of esters is 1. The molecule has 1 heterocycles. The molecule has 2 N–H and O–H groups in total. The van der Waals surface area contributed by atoms with Gasteiger partial charge in [0.2, 0.25) is 0 Å². The van der Waals surface area contributed by atoms with Crippen LogP contribution in [-0.2, 0) is 27.2 Å². The minimum Gasteiger partial charge on any atom is -0.482 e. The van der Waals surface area contributed by atoms with E-state index in [1.54, 1.807) is 30.3 Å². The third kappa shape index (κ3) is 5.22. The molecule has 0 radical (unpaired) electrons. The topological polar surface area (TPSA) is 107 Å². The van der Waals surface area contributed by atoms with Gasteiger partial charge in [-0.25, -0.2) is 4.79 Å². The van der Waals surface area contributed by atoms with E-state index in [9.17, 15) is 14.4 Å². The van der Waals surface area contributed by atoms with Crippen molar-refractivity contribution in [2.24, 2.45) is 0 Å². The number of anilines is 1. The lowest BCUT2D eigenvalue weighted by Crippen LogP contribution is -2.26. The standard InChI is InChI=1S/C26H26N2O6/c29-24(27-18-5-3-4-16(12-18)26(31)28-17-8-9-17)14-33-25(30)15-32-19-10-11-23-21(13-19)20-6-1-2-7-22(20)34-23/h3-5,10-13,17H,1-2,6-9,14-15H2,(H,27,29)(H,28,31). The maximum atomic E-state index is 12.2. The normalized spacial score (nSPS) is 14.8. The zero-order valence-corrected chi connectivity index (χ0v) is 18.7. The van der Waals surface area contributed by atoms with Crippen LogP contribution in [0.2, 0.25) is 0 Å². The molecule has 5 rings (SSSR count). The zero-order chi connectivity index (χ0) is 23.5. The van der Waals surface area contributed by atoms with E-state index < -0.39 is 18.5 Å². The Morgan fingerprint density at radius 2 is 1.85 bits per heavy atom. The maximum Gasteiger partial charge on any atom is 0.344 e. The smallest absolute Gasteiger partial charge is 0.344 e. The Morgan fingerprint density at radius 1 is 1.00 bits per heavy atom. The molecule has 34 heavy (non-hydrogen) atoms. The van der Waals surface area contributed by atoms with E-state index in [0.29, 0.717) is 17.0 Å². The van der Waals surface area contributed by atoms with Gasteiger partial charge >= 0.3 is 5.97 Å². The van der Waals surface area contributed by atoms with Gasteiger partial charge in [0.1, 0.15) is 17.1 Å². The second kappa shape index (κ2) is 9.59. The van der Waals surface area contributed by atoms with Crippen LogP contribution in [0.5, 0.6) is 5.75 Å². The predicted molar refractivity (Wildman–Crippen MR) is 125 cm³/mol. The number of nitrogens with one attached hydrogen (secondary N) is 2. The highest BCUT2D eigenvalue weighted by Crippen LogP contribution is 2.33. The number of hydrogen-bond acceptors (Lipinski definition) is 6. The molecule has 176 valence electrons. The summed E-state index contributed by atoms with van der Waals surface area (Å²) in [6.07, 6.45) is 6.20. The van der Waals surface area contributed by atoms with Crippen LogP contribution >= 0.6 is 0 Å². The van der Waals surface area contributed by atoms with Gasteiger partial charge in [0.25, 0.3) is 11.8 Å². The molecule has 2 aliphatic rings. The molecule has 0 bridgehead atoms. The van der Waals surface area contributed by atoms with Gasteiger partial charge in [-0.2, -0.15) is 0 Å². The lowest BCUT2D eigenvalue weighted by Gasteiger charge is -2.10. The molecule has 0 spiro atoms. The van der Waals surface area contributed by atoms with Crippen molar-refractivity contribution in [3.8, 4) is 5.75 Å². The van der Waals surface area contributed by atoms with Gasteiger partial charge in [-0.1, -0.05) is 6.07 Å². The van der Waals surface area contributed by atoms with Gasteiger partial charge < -0.3 is 24.5 Å². The summed E-state index contributed by atoms with van der Waals surface area (Å²) >= 11 is 0. The Hall–Kier alpha value is -3.81. The summed E-state index contributed by atoms with van der Waals surface area (Å²) in [5.41, 5.74) is 2.97. The lowest BCUT2D eigenvalue weighted by molar-refractivity contribution is -0.149. The fourth-order valence-electron chi connectivity index (χ4n) is 4.09. The number of rotatable bonds is 8. The summed E-state index contributed by atoms with van der Waals surface area (Å²) in [5.74, 6) is 0.264. The van der Waals surface area contributed by atoms with E-state index in [4.69, 9.17) is 13.9 Å². The SMILES string of the molecule is O=C(COC(=O)COc1ccc2oc3c(c2c1)CCCC3)Nc1cccc(C(=O)NC2CC2)c1. The van der Waals surface area contributed by atoms with Crippen molar-refractivity contribution in [1.29, 1.82) is 0 Å². The van der Waals surface area contributed by atoms with E-state index >= 15 is 0 Å². The molecule has 3 aromatic rings. The molecule has 1 saturated carbocycles. The van der Waals surface area contributed by atoms with E-state index in [2.05, 4.69) is 10.6 Å². The van der Waals surface area contributed by atoms with Crippen molar-refractivity contribution in [3.63, 3.8) is 0 Å². The van der Waals surface area contributed by atoms with Crippen LogP contribution in [0.15, 0.2) is 46.9 Å². The molecule has 2 aliphatic carbocycles. The number of furan rings is 1. The lowest BCUT2D eigenvalue weighted by atomic mass is 9.96. The third-order valence-electron chi connectivity index (χ3n) is 5.97. The number of aryl methyl sites for hydroxylation is 2. The Labute approximate surface area is 196 Å². The predicted octanol–water partition coefficient (Wildman–Crippen LogP) is 3.76. The summed E-state index contributed by atoms with van der Waals surface area (Å²) in [5, 5.41) is 6.56. The second-order valence-corrected chi connectivity index (χ2v) is 8.69. The number of benzene rings is 2. The molecule has 1 fully saturated rings. The van der Waals surface area contributed by atoms with Crippen molar-refractivity contribution >= 4 is 34.4 Å². The van der Waals surface area contributed by atoms with Crippen molar-refractivity contribution in [2.75, 3.05) is 18.5 Å². The average Bonchev–Trinajstić information content (AvgIpc) is 3.59. The summed E-state index contributed by atoms with van der Waals surface area (Å²) in [6, 6.07) is 12.4. The molecule has 0 saturated heterocycles. The number of carbonyl (C=O) groups excluding carboxylic acids is 3. The van der Waals surface area contributed by atoms with Gasteiger partial charge in [-0.05, 0) is 68.5 Å². The number of fused-ring (bicyclic) bond motifs is 3.